The van der Waals surface area contributed by atoms with Gasteiger partial charge in [0.15, 0.2) is 0 Å². The molecule has 0 saturated heterocycles. The van der Waals surface area contributed by atoms with E-state index in [1.54, 1.807) is 7.11 Å². The molecule has 0 unspecified atom stereocenters. The second kappa shape index (κ2) is 6.44. The standard InChI is InChI=1S/C18H21NO2/c1-18(2,15-9-11-16(21-3)12-10-15)19-17(20)13-14-7-5-4-6-8-14/h4-12H,13H2,1-3H3,(H,19,20). The predicted molar refractivity (Wildman–Crippen MR) is 84.3 cm³/mol. The maximum absolute atomic E-state index is 12.2. The summed E-state index contributed by atoms with van der Waals surface area (Å²) in [6.45, 7) is 4.00. The van der Waals surface area contributed by atoms with Gasteiger partial charge in [0.2, 0.25) is 5.91 Å². The Morgan fingerprint density at radius 2 is 1.67 bits per heavy atom. The average Bonchev–Trinajstić information content (AvgIpc) is 2.47. The van der Waals surface area contributed by atoms with Crippen molar-refractivity contribution in [3.05, 3.63) is 65.7 Å². The summed E-state index contributed by atoms with van der Waals surface area (Å²) in [6.07, 6.45) is 0.389. The molecular formula is C18H21NO2. The first-order valence-electron chi connectivity index (χ1n) is 7.01. The molecule has 1 N–H and O–H groups in total. The smallest absolute Gasteiger partial charge is 0.225 e. The molecule has 110 valence electrons. The largest absolute Gasteiger partial charge is 0.497 e. The molecule has 0 fully saturated rings. The van der Waals surface area contributed by atoms with E-state index in [-0.39, 0.29) is 5.91 Å². The number of carbonyl (C=O) groups is 1. The molecule has 0 aliphatic heterocycles. The monoisotopic (exact) mass is 283 g/mol. The van der Waals surface area contributed by atoms with Crippen LogP contribution in [0.2, 0.25) is 0 Å². The highest BCUT2D eigenvalue weighted by Crippen LogP contribution is 2.22. The molecule has 2 aromatic rings. The Kier molecular flexibility index (Phi) is 4.63. The van der Waals surface area contributed by atoms with Gasteiger partial charge in [-0.15, -0.1) is 0 Å². The third kappa shape index (κ3) is 4.09. The van der Waals surface area contributed by atoms with E-state index in [1.807, 2.05) is 68.4 Å². The van der Waals surface area contributed by atoms with E-state index in [4.69, 9.17) is 4.74 Å². The highest BCUT2D eigenvalue weighted by molar-refractivity contribution is 5.79. The third-order valence-corrected chi connectivity index (χ3v) is 3.47. The number of rotatable bonds is 5. The number of nitrogens with one attached hydrogen (secondary N) is 1. The average molecular weight is 283 g/mol. The maximum atomic E-state index is 12.2. The molecule has 0 aromatic heterocycles. The molecule has 0 aliphatic carbocycles. The van der Waals surface area contributed by atoms with Gasteiger partial charge in [-0.2, -0.15) is 0 Å². The quantitative estimate of drug-likeness (QED) is 0.914. The fraction of sp³-hybridized carbons (Fsp3) is 0.278. The van der Waals surface area contributed by atoms with Gasteiger partial charge in [-0.1, -0.05) is 42.5 Å². The van der Waals surface area contributed by atoms with Gasteiger partial charge in [0.1, 0.15) is 5.75 Å². The molecule has 3 nitrogen and oxygen atoms in total. The van der Waals surface area contributed by atoms with Gasteiger partial charge in [-0.05, 0) is 37.1 Å². The van der Waals surface area contributed by atoms with Crippen molar-refractivity contribution in [2.24, 2.45) is 0 Å². The minimum absolute atomic E-state index is 0.0158. The number of hydrogen-bond acceptors (Lipinski definition) is 2. The van der Waals surface area contributed by atoms with Gasteiger partial charge in [-0.25, -0.2) is 0 Å². The minimum Gasteiger partial charge on any atom is -0.497 e. The number of hydrogen-bond donors (Lipinski definition) is 1. The van der Waals surface area contributed by atoms with Gasteiger partial charge < -0.3 is 10.1 Å². The van der Waals surface area contributed by atoms with E-state index in [1.165, 1.54) is 0 Å². The zero-order valence-corrected chi connectivity index (χ0v) is 12.7. The fourth-order valence-electron chi connectivity index (χ4n) is 2.25. The van der Waals surface area contributed by atoms with Crippen molar-refractivity contribution >= 4 is 5.91 Å². The molecule has 0 heterocycles. The molecule has 2 aromatic carbocycles. The van der Waals surface area contributed by atoms with Crippen LogP contribution in [-0.2, 0) is 16.8 Å². The van der Waals surface area contributed by atoms with Crippen LogP contribution in [0.1, 0.15) is 25.0 Å². The molecule has 0 spiro atoms. The molecule has 0 aliphatic rings. The van der Waals surface area contributed by atoms with Crippen LogP contribution in [0.5, 0.6) is 5.75 Å². The van der Waals surface area contributed by atoms with Crippen LogP contribution < -0.4 is 10.1 Å². The van der Waals surface area contributed by atoms with Crippen LogP contribution in [0.15, 0.2) is 54.6 Å². The van der Waals surface area contributed by atoms with Crippen molar-refractivity contribution in [3.63, 3.8) is 0 Å². The number of benzene rings is 2. The Balaban J connectivity index is 2.03. The summed E-state index contributed by atoms with van der Waals surface area (Å²) in [7, 11) is 1.64. The lowest BCUT2D eigenvalue weighted by Crippen LogP contribution is -2.41. The fourth-order valence-corrected chi connectivity index (χ4v) is 2.25. The maximum Gasteiger partial charge on any atom is 0.225 e. The summed E-state index contributed by atoms with van der Waals surface area (Å²) < 4.78 is 5.15. The summed E-state index contributed by atoms with van der Waals surface area (Å²) >= 11 is 0. The second-order valence-corrected chi connectivity index (χ2v) is 5.56. The van der Waals surface area contributed by atoms with Gasteiger partial charge in [0.05, 0.1) is 19.1 Å². The zero-order chi connectivity index (χ0) is 15.3. The first kappa shape index (κ1) is 15.1. The topological polar surface area (TPSA) is 38.3 Å². The summed E-state index contributed by atoms with van der Waals surface area (Å²) in [5.74, 6) is 0.826. The first-order valence-corrected chi connectivity index (χ1v) is 7.01. The Morgan fingerprint density at radius 3 is 2.24 bits per heavy atom. The number of ether oxygens (including phenoxy) is 1. The summed E-state index contributed by atoms with van der Waals surface area (Å²) in [5.41, 5.74) is 1.64. The van der Waals surface area contributed by atoms with Crippen molar-refractivity contribution in [1.29, 1.82) is 0 Å². The summed E-state index contributed by atoms with van der Waals surface area (Å²) in [6, 6.07) is 17.5. The predicted octanol–water partition coefficient (Wildman–Crippen LogP) is 3.29. The van der Waals surface area contributed by atoms with Crippen molar-refractivity contribution in [2.75, 3.05) is 7.11 Å². The van der Waals surface area contributed by atoms with Gasteiger partial charge in [-0.3, -0.25) is 4.79 Å². The van der Waals surface area contributed by atoms with Crippen molar-refractivity contribution in [1.82, 2.24) is 5.32 Å². The van der Waals surface area contributed by atoms with Gasteiger partial charge in [0.25, 0.3) is 0 Å². The van der Waals surface area contributed by atoms with E-state index < -0.39 is 5.54 Å². The Bertz CT molecular complexity index is 588. The lowest BCUT2D eigenvalue weighted by molar-refractivity contribution is -0.122. The van der Waals surface area contributed by atoms with Gasteiger partial charge >= 0.3 is 0 Å². The highest BCUT2D eigenvalue weighted by Gasteiger charge is 2.22. The Morgan fingerprint density at radius 1 is 1.05 bits per heavy atom. The SMILES string of the molecule is COc1ccc(C(C)(C)NC(=O)Cc2ccccc2)cc1. The second-order valence-electron chi connectivity index (χ2n) is 5.56. The van der Waals surface area contributed by atoms with E-state index >= 15 is 0 Å². The lowest BCUT2D eigenvalue weighted by atomic mass is 9.94. The molecule has 2 rings (SSSR count). The van der Waals surface area contributed by atoms with E-state index in [0.717, 1.165) is 16.9 Å². The van der Waals surface area contributed by atoms with Crippen LogP contribution in [0.3, 0.4) is 0 Å². The Hall–Kier alpha value is -2.29. The number of carbonyl (C=O) groups excluding carboxylic acids is 1. The number of methoxy groups -OCH3 is 1. The van der Waals surface area contributed by atoms with Crippen LogP contribution in [-0.4, -0.2) is 13.0 Å². The van der Waals surface area contributed by atoms with Crippen molar-refractivity contribution < 1.29 is 9.53 Å². The molecule has 0 radical (unpaired) electrons. The van der Waals surface area contributed by atoms with E-state index in [0.29, 0.717) is 6.42 Å². The van der Waals surface area contributed by atoms with Crippen LogP contribution in [0, 0.1) is 0 Å². The molecule has 0 bridgehead atoms. The molecule has 0 saturated carbocycles. The van der Waals surface area contributed by atoms with Gasteiger partial charge in [0, 0.05) is 0 Å². The molecule has 0 atom stereocenters. The number of amides is 1. The normalized spacial score (nSPS) is 11.0. The van der Waals surface area contributed by atoms with E-state index in [2.05, 4.69) is 5.32 Å². The lowest BCUT2D eigenvalue weighted by Gasteiger charge is -2.27. The summed E-state index contributed by atoms with van der Waals surface area (Å²) in [4.78, 5) is 12.2. The van der Waals surface area contributed by atoms with Crippen LogP contribution in [0.25, 0.3) is 0 Å². The van der Waals surface area contributed by atoms with Crippen LogP contribution >= 0.6 is 0 Å². The molecule has 3 heteroatoms. The third-order valence-electron chi connectivity index (χ3n) is 3.47. The minimum atomic E-state index is -0.419. The van der Waals surface area contributed by atoms with E-state index in [9.17, 15) is 4.79 Å². The molecule has 21 heavy (non-hydrogen) atoms. The molecular weight excluding hydrogens is 262 g/mol. The highest BCUT2D eigenvalue weighted by atomic mass is 16.5. The Labute approximate surface area is 126 Å². The molecule has 1 amide bonds. The van der Waals surface area contributed by atoms with Crippen molar-refractivity contribution in [3.8, 4) is 5.75 Å². The first-order chi connectivity index (χ1) is 10.0. The summed E-state index contributed by atoms with van der Waals surface area (Å²) in [5, 5.41) is 3.08. The zero-order valence-electron chi connectivity index (χ0n) is 12.7. The van der Waals surface area contributed by atoms with Crippen LogP contribution in [0.4, 0.5) is 0 Å². The van der Waals surface area contributed by atoms with Crippen molar-refractivity contribution in [2.45, 2.75) is 25.8 Å².